The van der Waals surface area contributed by atoms with Gasteiger partial charge in [-0.15, -0.1) is 0 Å². The average Bonchev–Trinajstić information content (AvgIpc) is 2.27. The molecule has 1 rings (SSSR count). The zero-order valence-corrected chi connectivity index (χ0v) is 12.3. The number of rotatable bonds is 8. The van der Waals surface area contributed by atoms with Crippen LogP contribution in [0.1, 0.15) is 26.1 Å². The molecule has 0 spiro atoms. The zero-order chi connectivity index (χ0) is 14.3. The van der Waals surface area contributed by atoms with Crippen LogP contribution in [0.5, 0.6) is 0 Å². The Hall–Kier alpha value is -1.40. The first-order chi connectivity index (χ1) is 8.96. The van der Waals surface area contributed by atoms with Crippen molar-refractivity contribution >= 4 is 11.6 Å². The van der Waals surface area contributed by atoms with Crippen molar-refractivity contribution in [1.29, 1.82) is 0 Å². The van der Waals surface area contributed by atoms with Crippen molar-refractivity contribution in [1.82, 2.24) is 9.97 Å². The molecule has 0 saturated carbocycles. The summed E-state index contributed by atoms with van der Waals surface area (Å²) in [6.07, 6.45) is 0.877. The van der Waals surface area contributed by atoms with Crippen LogP contribution in [0.15, 0.2) is 6.07 Å². The molecule has 1 aromatic heterocycles. The van der Waals surface area contributed by atoms with E-state index in [4.69, 9.17) is 10.5 Å². The fraction of sp³-hybridized carbons (Fsp3) is 0.692. The summed E-state index contributed by atoms with van der Waals surface area (Å²) >= 11 is 0. The Labute approximate surface area is 115 Å². The molecule has 0 saturated heterocycles. The third-order valence-corrected chi connectivity index (χ3v) is 2.69. The van der Waals surface area contributed by atoms with Gasteiger partial charge >= 0.3 is 0 Å². The molecule has 0 aromatic carbocycles. The smallest absolute Gasteiger partial charge is 0.132 e. The zero-order valence-electron chi connectivity index (χ0n) is 12.3. The Kier molecular flexibility index (Phi) is 5.98. The standard InChI is InChI=1S/C13H25N5O/c1-10-16-11(15-7-8-19-4)9-12(17-10)18-13(2,3)5-6-14/h9H,5-8,14H2,1-4H3,(H2,15,16,17,18). The number of aryl methyl sites for hydroxylation is 1. The third kappa shape index (κ3) is 5.85. The van der Waals surface area contributed by atoms with Crippen LogP contribution < -0.4 is 16.4 Å². The van der Waals surface area contributed by atoms with Crippen molar-refractivity contribution in [3.8, 4) is 0 Å². The predicted octanol–water partition coefficient (Wildman–Crippen LogP) is 1.38. The number of nitrogens with two attached hydrogens (primary N) is 1. The molecule has 0 aliphatic carbocycles. The lowest BCUT2D eigenvalue weighted by Gasteiger charge is -2.26. The number of hydrogen-bond acceptors (Lipinski definition) is 6. The normalized spacial score (nSPS) is 11.4. The summed E-state index contributed by atoms with van der Waals surface area (Å²) in [5.74, 6) is 2.34. The highest BCUT2D eigenvalue weighted by Gasteiger charge is 2.17. The summed E-state index contributed by atoms with van der Waals surface area (Å²) in [7, 11) is 1.68. The van der Waals surface area contributed by atoms with Crippen LogP contribution >= 0.6 is 0 Å². The van der Waals surface area contributed by atoms with Gasteiger partial charge in [0.05, 0.1) is 6.61 Å². The van der Waals surface area contributed by atoms with Crippen LogP contribution in [0.25, 0.3) is 0 Å². The third-order valence-electron chi connectivity index (χ3n) is 2.69. The molecule has 0 fully saturated rings. The molecule has 0 unspecified atom stereocenters. The van der Waals surface area contributed by atoms with Crippen LogP contribution in [0.2, 0.25) is 0 Å². The van der Waals surface area contributed by atoms with E-state index in [0.29, 0.717) is 13.2 Å². The molecule has 1 heterocycles. The van der Waals surface area contributed by atoms with Crippen LogP contribution in [0.3, 0.4) is 0 Å². The van der Waals surface area contributed by atoms with Gasteiger partial charge in [-0.2, -0.15) is 0 Å². The van der Waals surface area contributed by atoms with E-state index in [1.165, 1.54) is 0 Å². The van der Waals surface area contributed by atoms with Crippen LogP contribution in [0.4, 0.5) is 11.6 Å². The Morgan fingerprint density at radius 2 is 2.00 bits per heavy atom. The topological polar surface area (TPSA) is 85.1 Å². The Bertz CT molecular complexity index is 395. The number of nitrogens with one attached hydrogen (secondary N) is 2. The molecule has 19 heavy (non-hydrogen) atoms. The molecule has 0 bridgehead atoms. The lowest BCUT2D eigenvalue weighted by Crippen LogP contribution is -2.34. The Morgan fingerprint density at radius 3 is 2.63 bits per heavy atom. The molecule has 6 heteroatoms. The number of anilines is 2. The highest BCUT2D eigenvalue weighted by atomic mass is 16.5. The van der Waals surface area contributed by atoms with E-state index in [2.05, 4.69) is 34.4 Å². The first-order valence-electron chi connectivity index (χ1n) is 6.53. The van der Waals surface area contributed by atoms with E-state index in [1.807, 2.05) is 13.0 Å². The van der Waals surface area contributed by atoms with E-state index in [-0.39, 0.29) is 5.54 Å². The molecule has 0 amide bonds. The lowest BCUT2D eigenvalue weighted by atomic mass is 10.0. The van der Waals surface area contributed by atoms with Gasteiger partial charge in [0.1, 0.15) is 17.5 Å². The van der Waals surface area contributed by atoms with Gasteiger partial charge in [0, 0.05) is 25.3 Å². The minimum atomic E-state index is -0.0840. The maximum Gasteiger partial charge on any atom is 0.132 e. The van der Waals surface area contributed by atoms with E-state index < -0.39 is 0 Å². The van der Waals surface area contributed by atoms with Gasteiger partial charge in [-0.25, -0.2) is 9.97 Å². The van der Waals surface area contributed by atoms with Crippen LogP contribution in [-0.4, -0.2) is 42.3 Å². The largest absolute Gasteiger partial charge is 0.383 e. The second-order valence-electron chi connectivity index (χ2n) is 5.15. The highest BCUT2D eigenvalue weighted by molar-refractivity contribution is 5.48. The molecule has 108 valence electrons. The molecule has 0 radical (unpaired) electrons. The highest BCUT2D eigenvalue weighted by Crippen LogP contribution is 2.18. The van der Waals surface area contributed by atoms with Gasteiger partial charge in [-0.05, 0) is 33.7 Å². The van der Waals surface area contributed by atoms with Gasteiger partial charge in [0.2, 0.25) is 0 Å². The van der Waals surface area contributed by atoms with Gasteiger partial charge in [0.25, 0.3) is 0 Å². The average molecular weight is 267 g/mol. The molecule has 0 atom stereocenters. The van der Waals surface area contributed by atoms with Crippen molar-refractivity contribution in [3.63, 3.8) is 0 Å². The van der Waals surface area contributed by atoms with Gasteiger partial charge in [0.15, 0.2) is 0 Å². The molecule has 0 aliphatic heterocycles. The second-order valence-corrected chi connectivity index (χ2v) is 5.15. The SMILES string of the molecule is COCCNc1cc(NC(C)(C)CCN)nc(C)n1. The van der Waals surface area contributed by atoms with Crippen molar-refractivity contribution in [2.75, 3.05) is 37.4 Å². The molecule has 0 aliphatic rings. The van der Waals surface area contributed by atoms with Gasteiger partial charge in [-0.1, -0.05) is 0 Å². The number of hydrogen-bond donors (Lipinski definition) is 3. The lowest BCUT2D eigenvalue weighted by molar-refractivity contribution is 0.210. The summed E-state index contributed by atoms with van der Waals surface area (Å²) < 4.78 is 5.00. The Balaban J connectivity index is 2.73. The maximum atomic E-state index is 5.61. The molecule has 1 aromatic rings. The van der Waals surface area contributed by atoms with Gasteiger partial charge in [-0.3, -0.25) is 0 Å². The monoisotopic (exact) mass is 267 g/mol. The summed E-state index contributed by atoms with van der Waals surface area (Å²) in [5.41, 5.74) is 5.53. The fourth-order valence-electron chi connectivity index (χ4n) is 1.77. The fourth-order valence-corrected chi connectivity index (χ4v) is 1.77. The summed E-state index contributed by atoms with van der Waals surface area (Å²) in [6, 6.07) is 1.90. The van der Waals surface area contributed by atoms with E-state index in [0.717, 1.165) is 30.4 Å². The summed E-state index contributed by atoms with van der Waals surface area (Å²) in [5, 5.41) is 6.59. The van der Waals surface area contributed by atoms with Crippen LogP contribution in [-0.2, 0) is 4.74 Å². The second kappa shape index (κ2) is 7.25. The van der Waals surface area contributed by atoms with Crippen LogP contribution in [0, 0.1) is 6.92 Å². The summed E-state index contributed by atoms with van der Waals surface area (Å²) in [4.78, 5) is 8.73. The number of ether oxygens (including phenoxy) is 1. The van der Waals surface area contributed by atoms with Crippen molar-refractivity contribution in [2.45, 2.75) is 32.7 Å². The van der Waals surface area contributed by atoms with E-state index in [1.54, 1.807) is 7.11 Å². The maximum absolute atomic E-state index is 5.61. The first kappa shape index (κ1) is 15.7. The first-order valence-corrected chi connectivity index (χ1v) is 6.53. The van der Waals surface area contributed by atoms with Crippen molar-refractivity contribution in [2.24, 2.45) is 5.73 Å². The van der Waals surface area contributed by atoms with E-state index in [9.17, 15) is 0 Å². The van der Waals surface area contributed by atoms with E-state index >= 15 is 0 Å². The van der Waals surface area contributed by atoms with Crippen molar-refractivity contribution < 1.29 is 4.74 Å². The molecule has 4 N–H and O–H groups in total. The molecule has 6 nitrogen and oxygen atoms in total. The number of aromatic nitrogens is 2. The quantitative estimate of drug-likeness (QED) is 0.617. The Morgan fingerprint density at radius 1 is 1.32 bits per heavy atom. The summed E-state index contributed by atoms with van der Waals surface area (Å²) in [6.45, 7) is 8.10. The molecular weight excluding hydrogens is 242 g/mol. The predicted molar refractivity (Wildman–Crippen MR) is 78.5 cm³/mol. The molecular formula is C13H25N5O. The van der Waals surface area contributed by atoms with Crippen molar-refractivity contribution in [3.05, 3.63) is 11.9 Å². The minimum absolute atomic E-state index is 0.0840. The number of nitrogens with zero attached hydrogens (tertiary/aromatic N) is 2. The van der Waals surface area contributed by atoms with Gasteiger partial charge < -0.3 is 21.1 Å². The minimum Gasteiger partial charge on any atom is -0.383 e. The number of methoxy groups -OCH3 is 1.